The Labute approximate surface area is 116 Å². The lowest BCUT2D eigenvalue weighted by molar-refractivity contribution is 0.0985. The monoisotopic (exact) mass is 272 g/mol. The van der Waals surface area contributed by atoms with Crippen LogP contribution in [0.5, 0.6) is 11.5 Å². The fourth-order valence-electron chi connectivity index (χ4n) is 1.99. The van der Waals surface area contributed by atoms with Crippen molar-refractivity contribution in [1.29, 1.82) is 0 Å². The van der Waals surface area contributed by atoms with Crippen molar-refractivity contribution in [2.75, 3.05) is 17.2 Å². The molecule has 1 amide bonds. The van der Waals surface area contributed by atoms with Gasteiger partial charge in [-0.2, -0.15) is 0 Å². The number of rotatable bonds is 3. The van der Waals surface area contributed by atoms with Gasteiger partial charge in [-0.1, -0.05) is 12.1 Å². The molecule has 5 nitrogen and oxygen atoms in total. The van der Waals surface area contributed by atoms with Gasteiger partial charge in [0.1, 0.15) is 0 Å². The second kappa shape index (κ2) is 5.52. The topological polar surface area (TPSA) is 86.8 Å². The summed E-state index contributed by atoms with van der Waals surface area (Å²) in [6.07, 6.45) is 0. The molecule has 2 aromatic rings. The van der Waals surface area contributed by atoms with E-state index in [2.05, 4.69) is 0 Å². The first kappa shape index (κ1) is 13.7. The van der Waals surface area contributed by atoms with Crippen molar-refractivity contribution in [2.45, 2.75) is 6.92 Å². The molecule has 0 spiro atoms. The quantitative estimate of drug-likeness (QED) is 0.591. The van der Waals surface area contributed by atoms with Crippen LogP contribution in [-0.4, -0.2) is 22.7 Å². The zero-order valence-electron chi connectivity index (χ0n) is 11.1. The molecule has 5 heteroatoms. The minimum Gasteiger partial charge on any atom is -0.504 e. The largest absolute Gasteiger partial charge is 0.504 e. The third-order valence-corrected chi connectivity index (χ3v) is 2.99. The van der Waals surface area contributed by atoms with E-state index in [0.717, 1.165) is 0 Å². The van der Waals surface area contributed by atoms with E-state index in [9.17, 15) is 15.0 Å². The summed E-state index contributed by atoms with van der Waals surface area (Å²) in [6.45, 7) is 2.23. The Morgan fingerprint density at radius 1 is 1.20 bits per heavy atom. The maximum atomic E-state index is 12.5. The average molecular weight is 272 g/mol. The van der Waals surface area contributed by atoms with Crippen molar-refractivity contribution in [3.8, 4) is 11.5 Å². The normalized spacial score (nSPS) is 10.2. The summed E-state index contributed by atoms with van der Waals surface area (Å²) in [6, 6.07) is 11.2. The van der Waals surface area contributed by atoms with Gasteiger partial charge in [0.15, 0.2) is 11.5 Å². The second-order valence-electron chi connectivity index (χ2n) is 4.32. The Morgan fingerprint density at radius 2 is 1.90 bits per heavy atom. The van der Waals surface area contributed by atoms with Gasteiger partial charge < -0.3 is 20.8 Å². The number of aromatic hydroxyl groups is 2. The molecule has 0 saturated heterocycles. The van der Waals surface area contributed by atoms with Gasteiger partial charge in [0.25, 0.3) is 5.91 Å². The molecule has 0 aliphatic carbocycles. The molecule has 0 saturated carbocycles. The molecule has 0 aliphatic rings. The third-order valence-electron chi connectivity index (χ3n) is 2.99. The van der Waals surface area contributed by atoms with Crippen LogP contribution in [0, 0.1) is 0 Å². The molecule has 2 rings (SSSR count). The summed E-state index contributed by atoms with van der Waals surface area (Å²) in [7, 11) is 0. The van der Waals surface area contributed by atoms with Crippen LogP contribution in [-0.2, 0) is 0 Å². The second-order valence-corrected chi connectivity index (χ2v) is 4.32. The van der Waals surface area contributed by atoms with Gasteiger partial charge in [-0.3, -0.25) is 4.79 Å². The van der Waals surface area contributed by atoms with Crippen molar-refractivity contribution < 1.29 is 15.0 Å². The molecule has 0 unspecified atom stereocenters. The number of hydrogen-bond acceptors (Lipinski definition) is 4. The number of carbonyl (C=O) groups excluding carboxylic acids is 1. The van der Waals surface area contributed by atoms with Crippen LogP contribution in [0.15, 0.2) is 42.5 Å². The standard InChI is InChI=1S/C15H16N2O3/c1-2-17(11-6-3-5-10(16)9-11)15(20)12-7-4-8-13(18)14(12)19/h3-9,18-19H,2,16H2,1H3. The lowest BCUT2D eigenvalue weighted by Gasteiger charge is -2.22. The van der Waals surface area contributed by atoms with Crippen LogP contribution in [0.25, 0.3) is 0 Å². The fourth-order valence-corrected chi connectivity index (χ4v) is 1.99. The molecule has 20 heavy (non-hydrogen) atoms. The molecule has 0 heterocycles. The number of phenolic OH excluding ortho intramolecular Hbond substituents is 2. The molecule has 0 aromatic heterocycles. The van der Waals surface area contributed by atoms with Gasteiger partial charge >= 0.3 is 0 Å². The number of hydrogen-bond donors (Lipinski definition) is 3. The maximum absolute atomic E-state index is 12.5. The highest BCUT2D eigenvalue weighted by atomic mass is 16.3. The first-order valence-corrected chi connectivity index (χ1v) is 6.23. The Balaban J connectivity index is 2.42. The van der Waals surface area contributed by atoms with Crippen molar-refractivity contribution >= 4 is 17.3 Å². The maximum Gasteiger partial charge on any atom is 0.262 e. The Bertz CT molecular complexity index is 641. The third kappa shape index (κ3) is 2.51. The van der Waals surface area contributed by atoms with Crippen LogP contribution >= 0.6 is 0 Å². The van der Waals surface area contributed by atoms with E-state index in [1.165, 1.54) is 23.1 Å². The molecule has 0 fully saturated rings. The first-order chi connectivity index (χ1) is 9.54. The number of nitrogens with two attached hydrogens (primary N) is 1. The highest BCUT2D eigenvalue weighted by Crippen LogP contribution is 2.30. The number of nitrogen functional groups attached to an aromatic ring is 1. The zero-order valence-corrected chi connectivity index (χ0v) is 11.1. The summed E-state index contributed by atoms with van der Waals surface area (Å²) in [5.74, 6) is -1.13. The lowest BCUT2D eigenvalue weighted by Crippen LogP contribution is -2.30. The number of amides is 1. The van der Waals surface area contributed by atoms with Crippen molar-refractivity contribution in [2.24, 2.45) is 0 Å². The molecule has 0 bridgehead atoms. The Hall–Kier alpha value is -2.69. The van der Waals surface area contributed by atoms with Gasteiger partial charge in [0.2, 0.25) is 0 Å². The van der Waals surface area contributed by atoms with Crippen LogP contribution < -0.4 is 10.6 Å². The number of phenols is 2. The lowest BCUT2D eigenvalue weighted by atomic mass is 10.1. The van der Waals surface area contributed by atoms with Gasteiger partial charge in [-0.25, -0.2) is 0 Å². The van der Waals surface area contributed by atoms with E-state index in [-0.39, 0.29) is 11.3 Å². The van der Waals surface area contributed by atoms with Crippen LogP contribution in [0.4, 0.5) is 11.4 Å². The molecule has 0 radical (unpaired) electrons. The van der Waals surface area contributed by atoms with Crippen LogP contribution in [0.1, 0.15) is 17.3 Å². The van der Waals surface area contributed by atoms with Gasteiger partial charge in [0.05, 0.1) is 5.56 Å². The highest BCUT2D eigenvalue weighted by Gasteiger charge is 2.20. The number of para-hydroxylation sites is 1. The van der Waals surface area contributed by atoms with E-state index in [4.69, 9.17) is 5.73 Å². The summed E-state index contributed by atoms with van der Waals surface area (Å²) in [5.41, 5.74) is 6.96. The number of nitrogens with zero attached hydrogens (tertiary/aromatic N) is 1. The van der Waals surface area contributed by atoms with Crippen molar-refractivity contribution in [1.82, 2.24) is 0 Å². The molecule has 4 N–H and O–H groups in total. The van der Waals surface area contributed by atoms with Gasteiger partial charge in [0, 0.05) is 17.9 Å². The predicted octanol–water partition coefficient (Wildman–Crippen LogP) is 2.35. The summed E-state index contributed by atoms with van der Waals surface area (Å²) < 4.78 is 0. The van der Waals surface area contributed by atoms with Gasteiger partial charge in [-0.15, -0.1) is 0 Å². The number of benzene rings is 2. The molecule has 0 atom stereocenters. The van der Waals surface area contributed by atoms with E-state index in [0.29, 0.717) is 17.9 Å². The first-order valence-electron chi connectivity index (χ1n) is 6.23. The highest BCUT2D eigenvalue weighted by molar-refractivity contribution is 6.08. The molecular weight excluding hydrogens is 256 g/mol. The Morgan fingerprint density at radius 3 is 2.55 bits per heavy atom. The molecule has 0 aliphatic heterocycles. The number of anilines is 2. The van der Waals surface area contributed by atoms with E-state index < -0.39 is 11.7 Å². The minimum atomic E-state index is -0.417. The van der Waals surface area contributed by atoms with Gasteiger partial charge in [-0.05, 0) is 37.3 Å². The SMILES string of the molecule is CCN(C(=O)c1cccc(O)c1O)c1cccc(N)c1. The smallest absolute Gasteiger partial charge is 0.262 e. The Kier molecular flexibility index (Phi) is 3.79. The van der Waals surface area contributed by atoms with Crippen LogP contribution in [0.3, 0.4) is 0 Å². The van der Waals surface area contributed by atoms with Crippen molar-refractivity contribution in [3.63, 3.8) is 0 Å². The van der Waals surface area contributed by atoms with E-state index in [1.54, 1.807) is 24.3 Å². The van der Waals surface area contributed by atoms with E-state index in [1.807, 2.05) is 6.92 Å². The average Bonchev–Trinajstić information content (AvgIpc) is 2.42. The van der Waals surface area contributed by atoms with Crippen molar-refractivity contribution in [3.05, 3.63) is 48.0 Å². The van der Waals surface area contributed by atoms with Crippen LogP contribution in [0.2, 0.25) is 0 Å². The zero-order chi connectivity index (χ0) is 14.7. The summed E-state index contributed by atoms with van der Waals surface area (Å²) in [5, 5.41) is 19.3. The summed E-state index contributed by atoms with van der Waals surface area (Å²) >= 11 is 0. The predicted molar refractivity (Wildman–Crippen MR) is 78.0 cm³/mol. The molecule has 2 aromatic carbocycles. The van der Waals surface area contributed by atoms with E-state index >= 15 is 0 Å². The fraction of sp³-hybridized carbons (Fsp3) is 0.133. The molecular formula is C15H16N2O3. The molecule has 104 valence electrons. The summed E-state index contributed by atoms with van der Waals surface area (Å²) in [4.78, 5) is 14.0. The number of carbonyl (C=O) groups is 1. The minimum absolute atomic E-state index is 0.0503.